The second-order valence-electron chi connectivity index (χ2n) is 6.71. The molecule has 2 aromatic rings. The van der Waals surface area contributed by atoms with Crippen molar-refractivity contribution in [3.8, 4) is 11.5 Å². The maximum Gasteiger partial charge on any atom is 0.232 e. The summed E-state index contributed by atoms with van der Waals surface area (Å²) in [7, 11) is 0. The lowest BCUT2D eigenvalue weighted by Crippen LogP contribution is -2.37. The highest BCUT2D eigenvalue weighted by atomic mass is 16.5. The summed E-state index contributed by atoms with van der Waals surface area (Å²) < 4.78 is 11.9. The summed E-state index contributed by atoms with van der Waals surface area (Å²) in [6.07, 6.45) is 5.15. The zero-order valence-corrected chi connectivity index (χ0v) is 14.6. The Morgan fingerprint density at radius 2 is 2.04 bits per heavy atom. The molecule has 1 aromatic carbocycles. The Bertz CT molecular complexity index is 872. The summed E-state index contributed by atoms with van der Waals surface area (Å²) in [4.78, 5) is 19.1. The van der Waals surface area contributed by atoms with Crippen LogP contribution in [0.4, 0.5) is 0 Å². The van der Waals surface area contributed by atoms with Gasteiger partial charge in [0.1, 0.15) is 18.2 Å². The van der Waals surface area contributed by atoms with Gasteiger partial charge in [0.05, 0.1) is 11.1 Å². The van der Waals surface area contributed by atoms with Crippen molar-refractivity contribution in [2.45, 2.75) is 33.4 Å². The summed E-state index contributed by atoms with van der Waals surface area (Å²) in [5.74, 6) is 1.73. The predicted molar refractivity (Wildman–Crippen MR) is 94.5 cm³/mol. The van der Waals surface area contributed by atoms with Gasteiger partial charge in [-0.2, -0.15) is 0 Å². The standard InChI is InChI=1S/C20H20N2O3/c1-12(2)22-10-15-16(24-11-22)8-13(3)18-19(23)17(25-20(15)18)9-14-4-6-21-7-5-14/h4-9,12H,10-11H2,1-3H3/b17-9-. The number of carbonyl (C=O) groups is 1. The maximum atomic E-state index is 12.9. The molecule has 0 spiro atoms. The van der Waals surface area contributed by atoms with Crippen molar-refractivity contribution < 1.29 is 14.3 Å². The van der Waals surface area contributed by atoms with E-state index in [-0.39, 0.29) is 5.78 Å². The molecule has 0 radical (unpaired) electrons. The number of pyridine rings is 1. The fourth-order valence-corrected chi connectivity index (χ4v) is 3.19. The minimum Gasteiger partial charge on any atom is -0.478 e. The van der Waals surface area contributed by atoms with Gasteiger partial charge in [-0.15, -0.1) is 0 Å². The zero-order valence-electron chi connectivity index (χ0n) is 14.6. The smallest absolute Gasteiger partial charge is 0.232 e. The molecule has 0 atom stereocenters. The van der Waals surface area contributed by atoms with Crippen molar-refractivity contribution in [3.63, 3.8) is 0 Å². The Labute approximate surface area is 146 Å². The molecule has 128 valence electrons. The molecule has 3 heterocycles. The van der Waals surface area contributed by atoms with E-state index in [1.807, 2.05) is 25.1 Å². The lowest BCUT2D eigenvalue weighted by molar-refractivity contribution is 0.0673. The van der Waals surface area contributed by atoms with E-state index in [1.165, 1.54) is 0 Å². The van der Waals surface area contributed by atoms with Crippen molar-refractivity contribution in [1.29, 1.82) is 0 Å². The number of aromatic nitrogens is 1. The normalized spacial score (nSPS) is 18.1. The van der Waals surface area contributed by atoms with Crippen LogP contribution in [0, 0.1) is 6.92 Å². The van der Waals surface area contributed by atoms with Crippen LogP contribution in [0.25, 0.3) is 6.08 Å². The Kier molecular flexibility index (Phi) is 3.81. The average Bonchev–Trinajstić information content (AvgIpc) is 2.93. The van der Waals surface area contributed by atoms with Crippen LogP contribution >= 0.6 is 0 Å². The van der Waals surface area contributed by atoms with E-state index >= 15 is 0 Å². The molecular weight excluding hydrogens is 316 g/mol. The predicted octanol–water partition coefficient (Wildman–Crippen LogP) is 3.57. The van der Waals surface area contributed by atoms with Crippen LogP contribution in [0.5, 0.6) is 11.5 Å². The number of hydrogen-bond acceptors (Lipinski definition) is 5. The number of rotatable bonds is 2. The number of ketones is 1. The fraction of sp³-hybridized carbons (Fsp3) is 0.300. The first-order chi connectivity index (χ1) is 12.0. The van der Waals surface area contributed by atoms with Crippen molar-refractivity contribution in [3.05, 3.63) is 58.6 Å². The highest BCUT2D eigenvalue weighted by Crippen LogP contribution is 2.44. The molecule has 0 saturated heterocycles. The number of aryl methyl sites for hydroxylation is 1. The first kappa shape index (κ1) is 15.8. The van der Waals surface area contributed by atoms with E-state index in [0.717, 1.165) is 22.4 Å². The molecule has 25 heavy (non-hydrogen) atoms. The zero-order chi connectivity index (χ0) is 17.6. The summed E-state index contributed by atoms with van der Waals surface area (Å²) in [5.41, 5.74) is 3.37. The van der Waals surface area contributed by atoms with E-state index in [2.05, 4.69) is 23.7 Å². The second kappa shape index (κ2) is 6.01. The number of nitrogens with zero attached hydrogens (tertiary/aromatic N) is 2. The van der Waals surface area contributed by atoms with E-state index in [1.54, 1.807) is 18.5 Å². The molecule has 2 aliphatic heterocycles. The van der Waals surface area contributed by atoms with E-state index in [4.69, 9.17) is 9.47 Å². The SMILES string of the molecule is Cc1cc2c(c3c1C(=O)/C(=C/c1ccncc1)O3)CN(C(C)C)CO2. The summed E-state index contributed by atoms with van der Waals surface area (Å²) in [5, 5.41) is 0. The molecule has 1 aromatic heterocycles. The molecule has 0 amide bonds. The Balaban J connectivity index is 1.77. The fourth-order valence-electron chi connectivity index (χ4n) is 3.19. The van der Waals surface area contributed by atoms with Gasteiger partial charge in [-0.25, -0.2) is 0 Å². The lowest BCUT2D eigenvalue weighted by atomic mass is 9.98. The third-order valence-electron chi connectivity index (χ3n) is 4.68. The molecule has 2 aliphatic rings. The molecule has 5 heteroatoms. The molecule has 0 bridgehead atoms. The largest absolute Gasteiger partial charge is 0.478 e. The van der Waals surface area contributed by atoms with Gasteiger partial charge in [-0.1, -0.05) is 0 Å². The second-order valence-corrected chi connectivity index (χ2v) is 6.71. The van der Waals surface area contributed by atoms with Gasteiger partial charge < -0.3 is 9.47 Å². The number of hydrogen-bond donors (Lipinski definition) is 0. The van der Waals surface area contributed by atoms with Crippen LogP contribution in [-0.4, -0.2) is 28.4 Å². The van der Waals surface area contributed by atoms with Gasteiger partial charge in [0.2, 0.25) is 5.78 Å². The average molecular weight is 336 g/mol. The van der Waals surface area contributed by atoms with Crippen LogP contribution < -0.4 is 9.47 Å². The van der Waals surface area contributed by atoms with Crippen molar-refractivity contribution >= 4 is 11.9 Å². The number of benzene rings is 1. The molecule has 4 rings (SSSR count). The molecule has 0 unspecified atom stereocenters. The minimum absolute atomic E-state index is 0.0752. The third-order valence-corrected chi connectivity index (χ3v) is 4.68. The van der Waals surface area contributed by atoms with Gasteiger partial charge in [-0.3, -0.25) is 14.7 Å². The Morgan fingerprint density at radius 1 is 1.28 bits per heavy atom. The van der Waals surface area contributed by atoms with Crippen LogP contribution in [0.3, 0.4) is 0 Å². The molecule has 0 fully saturated rings. The van der Waals surface area contributed by atoms with Gasteiger partial charge >= 0.3 is 0 Å². The maximum absolute atomic E-state index is 12.9. The molecule has 0 N–H and O–H groups in total. The summed E-state index contributed by atoms with van der Waals surface area (Å²) >= 11 is 0. The van der Waals surface area contributed by atoms with E-state index in [0.29, 0.717) is 36.4 Å². The van der Waals surface area contributed by atoms with Crippen LogP contribution in [0.1, 0.15) is 40.9 Å². The first-order valence-electron chi connectivity index (χ1n) is 8.42. The first-order valence-corrected chi connectivity index (χ1v) is 8.42. The van der Waals surface area contributed by atoms with Gasteiger partial charge in [-0.05, 0) is 56.2 Å². The Morgan fingerprint density at radius 3 is 2.76 bits per heavy atom. The van der Waals surface area contributed by atoms with Gasteiger partial charge in [0.15, 0.2) is 5.76 Å². The minimum atomic E-state index is -0.0752. The highest BCUT2D eigenvalue weighted by Gasteiger charge is 2.35. The number of fused-ring (bicyclic) bond motifs is 3. The summed E-state index contributed by atoms with van der Waals surface area (Å²) in [6, 6.07) is 5.99. The van der Waals surface area contributed by atoms with Gasteiger partial charge in [0.25, 0.3) is 0 Å². The number of ether oxygens (including phenoxy) is 2. The molecule has 0 aliphatic carbocycles. The van der Waals surface area contributed by atoms with Crippen LogP contribution in [0.15, 0.2) is 36.4 Å². The number of allylic oxidation sites excluding steroid dienone is 1. The molecular formula is C20H20N2O3. The van der Waals surface area contributed by atoms with Crippen molar-refractivity contribution in [1.82, 2.24) is 9.88 Å². The quantitative estimate of drug-likeness (QED) is 0.785. The van der Waals surface area contributed by atoms with Crippen molar-refractivity contribution in [2.24, 2.45) is 0 Å². The third kappa shape index (κ3) is 2.70. The van der Waals surface area contributed by atoms with E-state index in [9.17, 15) is 4.79 Å². The van der Waals surface area contributed by atoms with Crippen LogP contribution in [-0.2, 0) is 6.54 Å². The number of Topliss-reactive ketones (excluding diaryl/α,β-unsaturated/α-hetero) is 1. The van der Waals surface area contributed by atoms with Crippen LogP contribution in [0.2, 0.25) is 0 Å². The van der Waals surface area contributed by atoms with Gasteiger partial charge in [0, 0.05) is 25.0 Å². The molecule has 5 nitrogen and oxygen atoms in total. The number of carbonyl (C=O) groups excluding carboxylic acids is 1. The summed E-state index contributed by atoms with van der Waals surface area (Å²) in [6.45, 7) is 7.45. The monoisotopic (exact) mass is 336 g/mol. The lowest BCUT2D eigenvalue weighted by Gasteiger charge is -2.32. The molecule has 0 saturated carbocycles. The highest BCUT2D eigenvalue weighted by molar-refractivity contribution is 6.15. The van der Waals surface area contributed by atoms with E-state index < -0.39 is 0 Å². The topological polar surface area (TPSA) is 51.7 Å². The Hall–Kier alpha value is -2.66. The van der Waals surface area contributed by atoms with Crippen molar-refractivity contribution in [2.75, 3.05) is 6.73 Å².